The minimum absolute atomic E-state index is 0.191. The molecule has 0 amide bonds. The average Bonchev–Trinajstić information content (AvgIpc) is 2.08. The number of anilines is 2. The largest absolute Gasteiger partial charge is 0.397 e. The molecule has 7 nitrogen and oxygen atoms in total. The van der Waals surface area contributed by atoms with Crippen LogP contribution in [0.2, 0.25) is 0 Å². The third-order valence-electron chi connectivity index (χ3n) is 1.62. The Hall–Kier alpha value is -1.67. The van der Waals surface area contributed by atoms with E-state index in [1.807, 2.05) is 0 Å². The van der Waals surface area contributed by atoms with Crippen LogP contribution in [-0.2, 0) is 17.8 Å². The van der Waals surface area contributed by atoms with Crippen LogP contribution in [-0.4, -0.2) is 13.7 Å². The Morgan fingerprint density at radius 3 is 2.73 bits per heavy atom. The molecule has 4 N–H and O–H groups in total. The van der Waals surface area contributed by atoms with Gasteiger partial charge >= 0.3 is 0 Å². The van der Waals surface area contributed by atoms with E-state index >= 15 is 0 Å². The first-order chi connectivity index (χ1) is 6.99. The lowest BCUT2D eigenvalue weighted by Crippen LogP contribution is -2.06. The number of nitrogens with two attached hydrogens (primary N) is 1. The summed E-state index contributed by atoms with van der Waals surface area (Å²) in [5.41, 5.74) is 6.41. The first kappa shape index (κ1) is 11.4. The number of nitrogens with zero attached hydrogens (tertiary/aromatic N) is 1. The second-order valence-electron chi connectivity index (χ2n) is 2.76. The van der Waals surface area contributed by atoms with Gasteiger partial charge in [0.15, 0.2) is 0 Å². The molecule has 15 heavy (non-hydrogen) atoms. The smallest absolute Gasteiger partial charge is 0.259 e. The van der Waals surface area contributed by atoms with Gasteiger partial charge in [0.1, 0.15) is 0 Å². The van der Waals surface area contributed by atoms with Gasteiger partial charge in [-0.15, -0.1) is 0 Å². The minimum atomic E-state index is -2.21. The highest BCUT2D eigenvalue weighted by molar-refractivity contribution is 7.80. The SMILES string of the molecule is Nc1cc(C[N+](=O)[O-])ccc1NS(=O)O. The van der Waals surface area contributed by atoms with Gasteiger partial charge in [0.05, 0.1) is 11.4 Å². The lowest BCUT2D eigenvalue weighted by molar-refractivity contribution is -0.496. The van der Waals surface area contributed by atoms with Crippen molar-refractivity contribution in [2.24, 2.45) is 0 Å². The molecule has 1 aromatic carbocycles. The van der Waals surface area contributed by atoms with Crippen LogP contribution in [0.25, 0.3) is 0 Å². The molecule has 1 unspecified atom stereocenters. The Morgan fingerprint density at radius 2 is 2.27 bits per heavy atom. The summed E-state index contributed by atoms with van der Waals surface area (Å²) in [5.74, 6) is 0. The Balaban J connectivity index is 2.87. The van der Waals surface area contributed by atoms with Gasteiger partial charge in [-0.3, -0.25) is 19.4 Å². The van der Waals surface area contributed by atoms with Gasteiger partial charge in [0, 0.05) is 10.5 Å². The van der Waals surface area contributed by atoms with E-state index in [2.05, 4.69) is 4.72 Å². The lowest BCUT2D eigenvalue weighted by atomic mass is 10.2. The molecule has 82 valence electrons. The van der Waals surface area contributed by atoms with Crippen molar-refractivity contribution in [1.82, 2.24) is 0 Å². The summed E-state index contributed by atoms with van der Waals surface area (Å²) >= 11 is -2.21. The average molecular weight is 231 g/mol. The van der Waals surface area contributed by atoms with E-state index in [1.54, 1.807) is 0 Å². The molecule has 1 rings (SSSR count). The molecule has 0 saturated heterocycles. The molecule has 0 aliphatic carbocycles. The van der Waals surface area contributed by atoms with E-state index in [9.17, 15) is 14.3 Å². The van der Waals surface area contributed by atoms with Crippen molar-refractivity contribution in [3.05, 3.63) is 33.9 Å². The van der Waals surface area contributed by atoms with Crippen LogP contribution >= 0.6 is 0 Å². The molecule has 0 heterocycles. The molecule has 0 aliphatic heterocycles. The Labute approximate surface area is 87.9 Å². The van der Waals surface area contributed by atoms with Crippen LogP contribution in [0, 0.1) is 10.1 Å². The van der Waals surface area contributed by atoms with Crippen molar-refractivity contribution < 1.29 is 13.7 Å². The van der Waals surface area contributed by atoms with Gasteiger partial charge in [-0.05, 0) is 12.1 Å². The van der Waals surface area contributed by atoms with Crippen molar-refractivity contribution in [2.45, 2.75) is 6.54 Å². The highest BCUT2D eigenvalue weighted by atomic mass is 32.2. The zero-order valence-electron chi connectivity index (χ0n) is 7.54. The first-order valence-corrected chi connectivity index (χ1v) is 4.97. The number of hydrogen-bond donors (Lipinski definition) is 3. The first-order valence-electron chi connectivity index (χ1n) is 3.87. The highest BCUT2D eigenvalue weighted by Crippen LogP contribution is 2.20. The Kier molecular flexibility index (Phi) is 3.58. The number of nitro groups is 1. The number of nitrogen functional groups attached to an aromatic ring is 1. The van der Waals surface area contributed by atoms with E-state index < -0.39 is 16.2 Å². The Bertz CT molecular complexity index is 409. The number of benzene rings is 1. The Morgan fingerprint density at radius 1 is 1.60 bits per heavy atom. The predicted octanol–water partition coefficient (Wildman–Crippen LogP) is 0.594. The van der Waals surface area contributed by atoms with Crippen molar-refractivity contribution in [2.75, 3.05) is 10.5 Å². The highest BCUT2D eigenvalue weighted by Gasteiger charge is 2.06. The molecule has 1 aromatic rings. The molecular formula is C7H9N3O4S. The number of rotatable bonds is 4. The van der Waals surface area contributed by atoms with E-state index in [0.29, 0.717) is 5.56 Å². The standard InChI is InChI=1S/C7H9N3O4S/c8-6-3-5(4-10(11)12)1-2-7(6)9-15(13)14/h1-3,9H,4,8H2,(H,13,14). The van der Waals surface area contributed by atoms with Crippen molar-refractivity contribution in [1.29, 1.82) is 0 Å². The van der Waals surface area contributed by atoms with Crippen molar-refractivity contribution >= 4 is 22.6 Å². The van der Waals surface area contributed by atoms with Crippen LogP contribution in [0.4, 0.5) is 11.4 Å². The fourth-order valence-electron chi connectivity index (χ4n) is 1.05. The third-order valence-corrected chi connectivity index (χ3v) is 2.02. The minimum Gasteiger partial charge on any atom is -0.397 e. The number of hydrogen-bond acceptors (Lipinski definition) is 4. The molecule has 8 heteroatoms. The summed E-state index contributed by atoms with van der Waals surface area (Å²) in [5, 5.41) is 10.2. The molecule has 1 atom stereocenters. The topological polar surface area (TPSA) is 118 Å². The predicted molar refractivity (Wildman–Crippen MR) is 55.9 cm³/mol. The van der Waals surface area contributed by atoms with Crippen LogP contribution < -0.4 is 10.5 Å². The monoisotopic (exact) mass is 231 g/mol. The van der Waals surface area contributed by atoms with Crippen LogP contribution in [0.3, 0.4) is 0 Å². The summed E-state index contributed by atoms with van der Waals surface area (Å²) in [6.45, 7) is -0.327. The fraction of sp³-hybridized carbons (Fsp3) is 0.143. The van der Waals surface area contributed by atoms with E-state index in [0.717, 1.165) is 0 Å². The van der Waals surface area contributed by atoms with E-state index in [-0.39, 0.29) is 17.9 Å². The molecule has 0 spiro atoms. The molecule has 0 fully saturated rings. The van der Waals surface area contributed by atoms with Crippen LogP contribution in [0.5, 0.6) is 0 Å². The summed E-state index contributed by atoms with van der Waals surface area (Å²) < 4.78 is 21.1. The molecule has 0 saturated carbocycles. The van der Waals surface area contributed by atoms with Crippen molar-refractivity contribution in [3.8, 4) is 0 Å². The van der Waals surface area contributed by atoms with Crippen LogP contribution in [0.15, 0.2) is 18.2 Å². The van der Waals surface area contributed by atoms with Gasteiger partial charge in [0.25, 0.3) is 11.3 Å². The van der Waals surface area contributed by atoms with Gasteiger partial charge < -0.3 is 5.73 Å². The quantitative estimate of drug-likeness (QED) is 0.303. The zero-order chi connectivity index (χ0) is 11.4. The maximum Gasteiger partial charge on any atom is 0.259 e. The van der Waals surface area contributed by atoms with Gasteiger partial charge in [0.2, 0.25) is 6.54 Å². The summed E-state index contributed by atoms with van der Waals surface area (Å²) in [6.07, 6.45) is 0. The maximum absolute atomic E-state index is 10.4. The molecule has 0 aromatic heterocycles. The second kappa shape index (κ2) is 4.71. The summed E-state index contributed by atoms with van der Waals surface area (Å²) in [4.78, 5) is 9.72. The number of nitrogens with one attached hydrogen (secondary N) is 1. The second-order valence-corrected chi connectivity index (χ2v) is 3.47. The molecule has 0 aliphatic rings. The zero-order valence-corrected chi connectivity index (χ0v) is 8.36. The van der Waals surface area contributed by atoms with Gasteiger partial charge in [-0.2, -0.15) is 0 Å². The van der Waals surface area contributed by atoms with Gasteiger partial charge in [-0.1, -0.05) is 6.07 Å². The normalized spacial score (nSPS) is 12.1. The van der Waals surface area contributed by atoms with Crippen LogP contribution in [0.1, 0.15) is 5.56 Å². The van der Waals surface area contributed by atoms with Gasteiger partial charge in [-0.25, -0.2) is 4.21 Å². The molecule has 0 bridgehead atoms. The lowest BCUT2D eigenvalue weighted by Gasteiger charge is -2.05. The molecule has 0 radical (unpaired) electrons. The molecular weight excluding hydrogens is 222 g/mol. The van der Waals surface area contributed by atoms with Crippen molar-refractivity contribution in [3.63, 3.8) is 0 Å². The van der Waals surface area contributed by atoms with E-state index in [1.165, 1.54) is 18.2 Å². The maximum atomic E-state index is 10.4. The summed E-state index contributed by atoms with van der Waals surface area (Å²) in [7, 11) is 0. The third kappa shape index (κ3) is 3.52. The summed E-state index contributed by atoms with van der Waals surface area (Å²) in [6, 6.07) is 4.27. The fourth-order valence-corrected chi connectivity index (χ4v) is 1.42. The van der Waals surface area contributed by atoms with E-state index in [4.69, 9.17) is 10.3 Å².